The number of carbonyl (C=O) groups excluding carboxylic acids is 2. The highest BCUT2D eigenvalue weighted by atomic mass is 16.5. The Morgan fingerprint density at radius 3 is 2.50 bits per heavy atom. The van der Waals surface area contributed by atoms with E-state index in [1.165, 1.54) is 19.4 Å². The van der Waals surface area contributed by atoms with Gasteiger partial charge in [-0.2, -0.15) is 0 Å². The number of nitrogens with one attached hydrogen (secondary N) is 1. The van der Waals surface area contributed by atoms with Crippen LogP contribution in [0, 0.1) is 0 Å². The van der Waals surface area contributed by atoms with Gasteiger partial charge >= 0.3 is 12.1 Å². The molecule has 2 aromatic rings. The quantitative estimate of drug-likeness (QED) is 0.818. The van der Waals surface area contributed by atoms with Crippen LogP contribution in [0.4, 0.5) is 4.79 Å². The normalized spacial score (nSPS) is 9.92. The highest BCUT2D eigenvalue weighted by molar-refractivity contribution is 5.87. The number of carbonyl (C=O) groups is 2. The first-order valence-electron chi connectivity index (χ1n) is 7.19. The molecule has 0 aliphatic heterocycles. The molecule has 0 fully saturated rings. The maximum absolute atomic E-state index is 11.7. The Hall–Kier alpha value is -3.09. The number of nitrogens with zero attached hydrogens (tertiary/aromatic N) is 1. The van der Waals surface area contributed by atoms with Gasteiger partial charge < -0.3 is 19.5 Å². The largest absolute Gasteiger partial charge is 0.497 e. The van der Waals surface area contributed by atoms with E-state index < -0.39 is 12.1 Å². The number of ether oxygens (including phenoxy) is 3. The molecule has 0 atom stereocenters. The SMILES string of the molecule is COC(=O)c1cc(COC(=O)NCc2ccc(OC)cc2)ccn1. The van der Waals surface area contributed by atoms with Gasteiger partial charge in [-0.05, 0) is 35.4 Å². The van der Waals surface area contributed by atoms with Gasteiger partial charge in [-0.3, -0.25) is 0 Å². The Balaban J connectivity index is 1.81. The van der Waals surface area contributed by atoms with Gasteiger partial charge in [0.15, 0.2) is 0 Å². The van der Waals surface area contributed by atoms with Gasteiger partial charge in [-0.1, -0.05) is 12.1 Å². The van der Waals surface area contributed by atoms with Crippen molar-refractivity contribution in [1.82, 2.24) is 10.3 Å². The van der Waals surface area contributed by atoms with Crippen molar-refractivity contribution >= 4 is 12.1 Å². The first-order chi connectivity index (χ1) is 11.6. The van der Waals surface area contributed by atoms with Crippen LogP contribution in [0.25, 0.3) is 0 Å². The number of alkyl carbamates (subject to hydrolysis) is 1. The number of hydrogen-bond acceptors (Lipinski definition) is 6. The van der Waals surface area contributed by atoms with Crippen LogP contribution in [-0.2, 0) is 22.6 Å². The molecule has 0 aliphatic carbocycles. The van der Waals surface area contributed by atoms with Gasteiger partial charge in [-0.15, -0.1) is 0 Å². The summed E-state index contributed by atoms with van der Waals surface area (Å²) in [6.07, 6.45) is 0.905. The molecule has 24 heavy (non-hydrogen) atoms. The molecule has 0 aliphatic rings. The number of pyridine rings is 1. The second-order valence-corrected chi connectivity index (χ2v) is 4.82. The number of rotatable bonds is 6. The highest BCUT2D eigenvalue weighted by Gasteiger charge is 2.09. The molecular weight excluding hydrogens is 312 g/mol. The van der Waals surface area contributed by atoms with Crippen molar-refractivity contribution in [3.8, 4) is 5.75 Å². The minimum absolute atomic E-state index is 0.0287. The van der Waals surface area contributed by atoms with Crippen molar-refractivity contribution in [3.05, 3.63) is 59.4 Å². The standard InChI is InChI=1S/C17H18N2O5/c1-22-14-5-3-12(4-6-14)10-19-17(21)24-11-13-7-8-18-15(9-13)16(20)23-2/h3-9H,10-11H2,1-2H3,(H,19,21). The van der Waals surface area contributed by atoms with Gasteiger partial charge in [-0.25, -0.2) is 14.6 Å². The number of esters is 1. The van der Waals surface area contributed by atoms with Crippen LogP contribution in [0.15, 0.2) is 42.6 Å². The molecule has 0 radical (unpaired) electrons. The number of hydrogen-bond donors (Lipinski definition) is 1. The highest BCUT2D eigenvalue weighted by Crippen LogP contribution is 2.11. The maximum Gasteiger partial charge on any atom is 0.407 e. The Morgan fingerprint density at radius 2 is 1.83 bits per heavy atom. The maximum atomic E-state index is 11.7. The first kappa shape index (κ1) is 17.3. The summed E-state index contributed by atoms with van der Waals surface area (Å²) in [4.78, 5) is 27.0. The van der Waals surface area contributed by atoms with E-state index >= 15 is 0 Å². The summed E-state index contributed by atoms with van der Waals surface area (Å²) >= 11 is 0. The lowest BCUT2D eigenvalue weighted by atomic mass is 10.2. The number of methoxy groups -OCH3 is 2. The smallest absolute Gasteiger partial charge is 0.407 e. The Morgan fingerprint density at radius 1 is 1.08 bits per heavy atom. The summed E-state index contributed by atoms with van der Waals surface area (Å²) in [6.45, 7) is 0.369. The lowest BCUT2D eigenvalue weighted by molar-refractivity contribution is 0.0594. The first-order valence-corrected chi connectivity index (χ1v) is 7.19. The lowest BCUT2D eigenvalue weighted by Gasteiger charge is -2.08. The molecule has 1 amide bonds. The predicted octanol–water partition coefficient (Wildman–Crippen LogP) is 2.30. The zero-order chi connectivity index (χ0) is 17.4. The molecule has 7 heteroatoms. The van der Waals surface area contributed by atoms with E-state index in [0.717, 1.165) is 11.3 Å². The van der Waals surface area contributed by atoms with Crippen molar-refractivity contribution < 1.29 is 23.8 Å². The van der Waals surface area contributed by atoms with Crippen molar-refractivity contribution in [2.24, 2.45) is 0 Å². The van der Waals surface area contributed by atoms with Crippen LogP contribution in [0.1, 0.15) is 21.6 Å². The Labute approximate surface area is 139 Å². The van der Waals surface area contributed by atoms with E-state index in [1.807, 2.05) is 24.3 Å². The van der Waals surface area contributed by atoms with Gasteiger partial charge in [0.05, 0.1) is 14.2 Å². The molecular formula is C17H18N2O5. The molecule has 1 aromatic heterocycles. The lowest BCUT2D eigenvalue weighted by Crippen LogP contribution is -2.23. The van der Waals surface area contributed by atoms with Crippen LogP contribution in [-0.4, -0.2) is 31.3 Å². The summed E-state index contributed by atoms with van der Waals surface area (Å²) in [6, 6.07) is 10.5. The fourth-order valence-corrected chi connectivity index (χ4v) is 1.90. The fourth-order valence-electron chi connectivity index (χ4n) is 1.90. The summed E-state index contributed by atoms with van der Waals surface area (Å²) in [5.74, 6) is 0.209. The zero-order valence-corrected chi connectivity index (χ0v) is 13.4. The van der Waals surface area contributed by atoms with Crippen LogP contribution in [0.2, 0.25) is 0 Å². The van der Waals surface area contributed by atoms with Crippen molar-refractivity contribution in [2.75, 3.05) is 14.2 Å². The molecule has 0 saturated carbocycles. The van der Waals surface area contributed by atoms with Crippen LogP contribution in [0.5, 0.6) is 5.75 Å². The van der Waals surface area contributed by atoms with E-state index in [1.54, 1.807) is 13.2 Å². The summed E-state index contributed by atoms with van der Waals surface area (Å²) < 4.78 is 14.8. The van der Waals surface area contributed by atoms with Crippen LogP contribution >= 0.6 is 0 Å². The van der Waals surface area contributed by atoms with E-state index in [4.69, 9.17) is 9.47 Å². The molecule has 0 unspecified atom stereocenters. The topological polar surface area (TPSA) is 86.8 Å². The molecule has 126 valence electrons. The van der Waals surface area contributed by atoms with Gasteiger partial charge in [0, 0.05) is 12.7 Å². The van der Waals surface area contributed by atoms with Gasteiger partial charge in [0.25, 0.3) is 0 Å². The fraction of sp³-hybridized carbons (Fsp3) is 0.235. The van der Waals surface area contributed by atoms with E-state index in [-0.39, 0.29) is 12.3 Å². The third-order valence-electron chi connectivity index (χ3n) is 3.18. The summed E-state index contributed by atoms with van der Waals surface area (Å²) in [7, 11) is 2.87. The van der Waals surface area contributed by atoms with Crippen LogP contribution in [0.3, 0.4) is 0 Å². The second-order valence-electron chi connectivity index (χ2n) is 4.82. The third kappa shape index (κ3) is 4.98. The molecule has 1 N–H and O–H groups in total. The molecule has 0 spiro atoms. The number of amides is 1. The predicted molar refractivity (Wildman–Crippen MR) is 85.6 cm³/mol. The monoisotopic (exact) mass is 330 g/mol. The molecule has 2 rings (SSSR count). The third-order valence-corrected chi connectivity index (χ3v) is 3.18. The average Bonchev–Trinajstić information content (AvgIpc) is 2.64. The van der Waals surface area contributed by atoms with E-state index in [9.17, 15) is 9.59 Å². The van der Waals surface area contributed by atoms with E-state index in [2.05, 4.69) is 15.0 Å². The summed E-state index contributed by atoms with van der Waals surface area (Å²) in [5, 5.41) is 2.65. The average molecular weight is 330 g/mol. The van der Waals surface area contributed by atoms with Crippen molar-refractivity contribution in [2.45, 2.75) is 13.2 Å². The van der Waals surface area contributed by atoms with Crippen molar-refractivity contribution in [3.63, 3.8) is 0 Å². The Bertz CT molecular complexity index is 700. The minimum atomic E-state index is -0.553. The molecule has 7 nitrogen and oxygen atoms in total. The van der Waals surface area contributed by atoms with Gasteiger partial charge in [0.2, 0.25) is 0 Å². The van der Waals surface area contributed by atoms with E-state index in [0.29, 0.717) is 12.1 Å². The zero-order valence-electron chi connectivity index (χ0n) is 13.4. The molecule has 1 heterocycles. The minimum Gasteiger partial charge on any atom is -0.497 e. The molecule has 0 saturated heterocycles. The van der Waals surface area contributed by atoms with Crippen LogP contribution < -0.4 is 10.1 Å². The second kappa shape index (κ2) is 8.52. The van der Waals surface area contributed by atoms with Gasteiger partial charge in [0.1, 0.15) is 18.1 Å². The molecule has 1 aromatic carbocycles. The summed E-state index contributed by atoms with van der Waals surface area (Å²) in [5.41, 5.74) is 1.73. The number of aromatic nitrogens is 1. The number of benzene rings is 1. The van der Waals surface area contributed by atoms with Crippen molar-refractivity contribution in [1.29, 1.82) is 0 Å². The molecule has 0 bridgehead atoms. The Kier molecular flexibility index (Phi) is 6.13.